The summed E-state index contributed by atoms with van der Waals surface area (Å²) in [7, 11) is 0. The van der Waals surface area contributed by atoms with Crippen molar-refractivity contribution in [2.75, 3.05) is 0 Å². The molecule has 0 aliphatic carbocycles. The zero-order valence-corrected chi connectivity index (χ0v) is 7.15. The van der Waals surface area contributed by atoms with Gasteiger partial charge >= 0.3 is 0 Å². The molecule has 2 heterocycles. The van der Waals surface area contributed by atoms with Crippen LogP contribution in [0, 0.1) is 0 Å². The van der Waals surface area contributed by atoms with Gasteiger partial charge in [-0.1, -0.05) is 5.16 Å². The van der Waals surface area contributed by atoms with Gasteiger partial charge < -0.3 is 5.21 Å². The van der Waals surface area contributed by atoms with Crippen molar-refractivity contribution in [3.05, 3.63) is 36.5 Å². The van der Waals surface area contributed by atoms with Gasteiger partial charge in [0.1, 0.15) is 12.7 Å². The van der Waals surface area contributed by atoms with Gasteiger partial charge in [-0.2, -0.15) is 5.10 Å². The fraction of sp³-hybridized carbons (Fsp3) is 0. The van der Waals surface area contributed by atoms with E-state index in [1.54, 1.807) is 29.3 Å². The van der Waals surface area contributed by atoms with E-state index < -0.39 is 0 Å². The summed E-state index contributed by atoms with van der Waals surface area (Å²) in [6.07, 6.45) is 5.88. The van der Waals surface area contributed by atoms with Crippen LogP contribution in [0.4, 0.5) is 0 Å². The standard InChI is InChI=1S/C8H7N5O/c14-12-4-7-1-2-8(10-3-7)13-6-9-5-11-13/h1-6,14H. The molecule has 0 aliphatic rings. The second-order valence-electron chi connectivity index (χ2n) is 2.53. The minimum absolute atomic E-state index is 0.664. The Morgan fingerprint density at radius 1 is 1.43 bits per heavy atom. The number of pyridine rings is 1. The zero-order valence-electron chi connectivity index (χ0n) is 7.15. The highest BCUT2D eigenvalue weighted by molar-refractivity contribution is 5.78. The Morgan fingerprint density at radius 3 is 2.93 bits per heavy atom. The van der Waals surface area contributed by atoms with Gasteiger partial charge in [0, 0.05) is 11.8 Å². The second kappa shape index (κ2) is 3.65. The van der Waals surface area contributed by atoms with Crippen LogP contribution in [0.3, 0.4) is 0 Å². The number of rotatable bonds is 2. The third-order valence-electron chi connectivity index (χ3n) is 1.63. The van der Waals surface area contributed by atoms with E-state index in [2.05, 4.69) is 20.2 Å². The first-order chi connectivity index (χ1) is 6.90. The van der Waals surface area contributed by atoms with Gasteiger partial charge in [-0.25, -0.2) is 14.6 Å². The summed E-state index contributed by atoms with van der Waals surface area (Å²) < 4.78 is 1.54. The third-order valence-corrected chi connectivity index (χ3v) is 1.63. The number of hydrogen-bond acceptors (Lipinski definition) is 5. The van der Waals surface area contributed by atoms with Crippen molar-refractivity contribution in [3.63, 3.8) is 0 Å². The molecule has 0 aliphatic heterocycles. The summed E-state index contributed by atoms with van der Waals surface area (Å²) in [6, 6.07) is 3.52. The fourth-order valence-electron chi connectivity index (χ4n) is 1.00. The molecule has 6 nitrogen and oxygen atoms in total. The number of hydrogen-bond donors (Lipinski definition) is 1. The predicted molar refractivity (Wildman–Crippen MR) is 48.5 cm³/mol. The summed E-state index contributed by atoms with van der Waals surface area (Å²) >= 11 is 0. The van der Waals surface area contributed by atoms with Crippen molar-refractivity contribution in [2.45, 2.75) is 0 Å². The highest BCUT2D eigenvalue weighted by Gasteiger charge is 1.97. The van der Waals surface area contributed by atoms with Crippen LogP contribution in [-0.4, -0.2) is 31.2 Å². The lowest BCUT2D eigenvalue weighted by atomic mass is 10.3. The van der Waals surface area contributed by atoms with Gasteiger partial charge in [-0.15, -0.1) is 0 Å². The monoisotopic (exact) mass is 189 g/mol. The van der Waals surface area contributed by atoms with Gasteiger partial charge in [-0.05, 0) is 12.1 Å². The lowest BCUT2D eigenvalue weighted by molar-refractivity contribution is 0.322. The van der Waals surface area contributed by atoms with E-state index in [4.69, 9.17) is 5.21 Å². The Hall–Kier alpha value is -2.24. The summed E-state index contributed by atoms with van der Waals surface area (Å²) in [5.41, 5.74) is 0.719. The SMILES string of the molecule is ON=Cc1ccc(-n2cncn2)nc1. The maximum absolute atomic E-state index is 8.29. The van der Waals surface area contributed by atoms with E-state index in [1.165, 1.54) is 12.5 Å². The first-order valence-corrected chi connectivity index (χ1v) is 3.88. The van der Waals surface area contributed by atoms with Crippen LogP contribution in [-0.2, 0) is 0 Å². The molecule has 0 fully saturated rings. The topological polar surface area (TPSA) is 76.2 Å². The van der Waals surface area contributed by atoms with Crippen LogP contribution < -0.4 is 0 Å². The number of aromatic nitrogens is 4. The molecule has 2 aromatic rings. The smallest absolute Gasteiger partial charge is 0.155 e. The van der Waals surface area contributed by atoms with E-state index >= 15 is 0 Å². The Morgan fingerprint density at radius 2 is 2.36 bits per heavy atom. The lowest BCUT2D eigenvalue weighted by Crippen LogP contribution is -1.97. The molecule has 14 heavy (non-hydrogen) atoms. The van der Waals surface area contributed by atoms with E-state index in [1.807, 2.05) is 0 Å². The van der Waals surface area contributed by atoms with Crippen LogP contribution in [0.15, 0.2) is 36.1 Å². The molecule has 70 valence electrons. The molecule has 6 heteroatoms. The largest absolute Gasteiger partial charge is 0.411 e. The molecule has 2 aromatic heterocycles. The molecule has 0 unspecified atom stereocenters. The molecular formula is C8H7N5O. The molecular weight excluding hydrogens is 182 g/mol. The highest BCUT2D eigenvalue weighted by atomic mass is 16.4. The first kappa shape index (κ1) is 8.36. The second-order valence-corrected chi connectivity index (χ2v) is 2.53. The van der Waals surface area contributed by atoms with Crippen molar-refractivity contribution < 1.29 is 5.21 Å². The Balaban J connectivity index is 2.31. The van der Waals surface area contributed by atoms with Crippen molar-refractivity contribution in [1.29, 1.82) is 0 Å². The van der Waals surface area contributed by atoms with Crippen LogP contribution >= 0.6 is 0 Å². The lowest BCUT2D eigenvalue weighted by Gasteiger charge is -1.98. The molecule has 1 N–H and O–H groups in total. The first-order valence-electron chi connectivity index (χ1n) is 3.88. The van der Waals surface area contributed by atoms with Crippen LogP contribution in [0.1, 0.15) is 5.56 Å². The van der Waals surface area contributed by atoms with Gasteiger partial charge in [0.15, 0.2) is 5.82 Å². The van der Waals surface area contributed by atoms with Crippen molar-refractivity contribution in [1.82, 2.24) is 19.7 Å². The summed E-state index contributed by atoms with van der Waals surface area (Å²) in [4.78, 5) is 7.90. The number of nitrogens with zero attached hydrogens (tertiary/aromatic N) is 5. The molecule has 0 atom stereocenters. The molecule has 0 bridgehead atoms. The molecule has 0 aromatic carbocycles. The quantitative estimate of drug-likeness (QED) is 0.423. The van der Waals surface area contributed by atoms with Gasteiger partial charge in [0.05, 0.1) is 6.21 Å². The fourth-order valence-corrected chi connectivity index (χ4v) is 1.00. The summed E-state index contributed by atoms with van der Waals surface area (Å²) in [6.45, 7) is 0. The van der Waals surface area contributed by atoms with Crippen LogP contribution in [0.2, 0.25) is 0 Å². The average molecular weight is 189 g/mol. The molecule has 2 rings (SSSR count). The average Bonchev–Trinajstić information content (AvgIpc) is 2.72. The molecule has 0 saturated carbocycles. The minimum Gasteiger partial charge on any atom is -0.411 e. The third kappa shape index (κ3) is 1.58. The summed E-state index contributed by atoms with van der Waals surface area (Å²) in [5.74, 6) is 0.664. The zero-order chi connectivity index (χ0) is 9.80. The molecule has 0 spiro atoms. The van der Waals surface area contributed by atoms with Crippen molar-refractivity contribution >= 4 is 6.21 Å². The van der Waals surface area contributed by atoms with Gasteiger partial charge in [0.25, 0.3) is 0 Å². The summed E-state index contributed by atoms with van der Waals surface area (Å²) in [5, 5.41) is 15.1. The van der Waals surface area contributed by atoms with Crippen molar-refractivity contribution in [2.24, 2.45) is 5.16 Å². The minimum atomic E-state index is 0.664. The highest BCUT2D eigenvalue weighted by Crippen LogP contribution is 2.01. The van der Waals surface area contributed by atoms with Crippen LogP contribution in [0.25, 0.3) is 5.82 Å². The molecule has 0 saturated heterocycles. The number of oxime groups is 1. The Labute approximate surface area is 79.5 Å². The van der Waals surface area contributed by atoms with E-state index in [9.17, 15) is 0 Å². The predicted octanol–water partition coefficient (Wildman–Crippen LogP) is 0.470. The Bertz CT molecular complexity index is 420. The van der Waals surface area contributed by atoms with E-state index in [0.717, 1.165) is 5.56 Å². The maximum Gasteiger partial charge on any atom is 0.155 e. The van der Waals surface area contributed by atoms with Gasteiger partial charge in [0.2, 0.25) is 0 Å². The molecule has 0 amide bonds. The van der Waals surface area contributed by atoms with Crippen molar-refractivity contribution in [3.8, 4) is 5.82 Å². The maximum atomic E-state index is 8.29. The normalized spacial score (nSPS) is 10.9. The van der Waals surface area contributed by atoms with E-state index in [0.29, 0.717) is 5.82 Å². The van der Waals surface area contributed by atoms with Gasteiger partial charge in [-0.3, -0.25) is 0 Å². The molecule has 0 radical (unpaired) electrons. The van der Waals surface area contributed by atoms with Crippen LogP contribution in [0.5, 0.6) is 0 Å². The van der Waals surface area contributed by atoms with E-state index in [-0.39, 0.29) is 0 Å². The Kier molecular flexibility index (Phi) is 2.18.